The third-order valence-corrected chi connectivity index (χ3v) is 15.8. The van der Waals surface area contributed by atoms with E-state index in [1.54, 1.807) is 43.1 Å². The fourth-order valence-corrected chi connectivity index (χ4v) is 12.1. The van der Waals surface area contributed by atoms with Gasteiger partial charge in [0.25, 0.3) is 0 Å². The number of halogens is 4. The number of rotatable bonds is 15. The number of benzene rings is 3. The van der Waals surface area contributed by atoms with Crippen molar-refractivity contribution < 1.29 is 46.2 Å². The molecule has 0 spiro atoms. The molecule has 16 nitrogen and oxygen atoms in total. The number of nitrogens with zero attached hydrogens (tertiary/aromatic N) is 6. The Balaban J connectivity index is 1.05. The number of anilines is 2. The van der Waals surface area contributed by atoms with Gasteiger partial charge in [0.2, 0.25) is 11.8 Å². The molecule has 21 heteroatoms. The summed E-state index contributed by atoms with van der Waals surface area (Å²) in [7, 11) is 2.43. The maximum absolute atomic E-state index is 16.8. The number of alkyl carbamates (subject to hydrolysis) is 2. The molecule has 74 heavy (non-hydrogen) atoms. The summed E-state index contributed by atoms with van der Waals surface area (Å²) in [5.74, 6) is -2.69. The number of methoxy groups -OCH3 is 2. The van der Waals surface area contributed by atoms with Crippen LogP contribution in [0.5, 0.6) is 0 Å². The Labute approximate surface area is 430 Å². The van der Waals surface area contributed by atoms with Gasteiger partial charge in [0, 0.05) is 64.9 Å². The Hall–Kier alpha value is -6.90. The second-order valence-electron chi connectivity index (χ2n) is 19.8. The van der Waals surface area contributed by atoms with Crippen LogP contribution in [0.1, 0.15) is 122 Å². The molecule has 1 unspecified atom stereocenters. The number of aryl methyl sites for hydroxylation is 1. The van der Waals surface area contributed by atoms with Crippen LogP contribution in [-0.2, 0) is 25.6 Å². The van der Waals surface area contributed by atoms with Gasteiger partial charge in [0.15, 0.2) is 11.6 Å². The minimum Gasteiger partial charge on any atom is -0.453 e. The lowest BCUT2D eigenvalue weighted by molar-refractivity contribution is -0.135. The van der Waals surface area contributed by atoms with E-state index in [9.17, 15) is 19.2 Å². The van der Waals surface area contributed by atoms with E-state index in [1.807, 2.05) is 20.8 Å². The number of hydrogen-bond donors (Lipinski definition) is 4. The zero-order valence-corrected chi connectivity index (χ0v) is 43.1. The van der Waals surface area contributed by atoms with E-state index in [2.05, 4.69) is 49.4 Å². The van der Waals surface area contributed by atoms with Gasteiger partial charge in [-0.3, -0.25) is 9.59 Å². The number of thiophene rings is 1. The van der Waals surface area contributed by atoms with Crippen molar-refractivity contribution in [3.05, 3.63) is 104 Å². The molecule has 3 fully saturated rings. The van der Waals surface area contributed by atoms with Crippen LogP contribution in [0.25, 0.3) is 22.1 Å². The van der Waals surface area contributed by atoms with Crippen molar-refractivity contribution in [2.24, 2.45) is 5.92 Å². The third-order valence-electron chi connectivity index (χ3n) is 14.6. The molecule has 4 amide bonds. The lowest BCUT2D eigenvalue weighted by Gasteiger charge is -2.36. The smallest absolute Gasteiger partial charge is 0.407 e. The maximum atomic E-state index is 16.8. The molecule has 3 aromatic heterocycles. The third kappa shape index (κ3) is 10.6. The number of likely N-dealkylation sites (tertiary alicyclic amines) is 1. The summed E-state index contributed by atoms with van der Waals surface area (Å²) in [6, 6.07) is 9.50. The standard InChI is InChI=1S/C53H62F4N10O6S/c1-7-16-65(51(69)48(28(2)3)63-53(71)73-6)27-46-59-38-22-32(34(54)24-40(38)60-46)42-11-12-43(67(42)31-20-36(56)49(37(57)21-31)64-18-14-30(15-19-64)45-13-10-29(4)74-45)33-23-39-41(25-35(33)55)62-50(61-39)44-9-8-17-66(44)47(68)26-58-52(70)72-5/h10,13,20-25,28,30,42-44,48H,7-9,11-12,14-19,26-27H2,1-6H3,(H,58,70)(H,59,60)(H,61,62)(H,63,71)/t42-,43-,44+,48?/m1/s1. The van der Waals surface area contributed by atoms with Crippen molar-refractivity contribution in [1.29, 1.82) is 0 Å². The van der Waals surface area contributed by atoms with E-state index < -0.39 is 59.6 Å². The molecule has 6 aromatic rings. The predicted molar refractivity (Wildman–Crippen MR) is 273 cm³/mol. The second-order valence-corrected chi connectivity index (χ2v) is 21.1. The van der Waals surface area contributed by atoms with Gasteiger partial charge in [-0.2, -0.15) is 0 Å². The molecule has 0 bridgehead atoms. The molecule has 0 saturated carbocycles. The first kappa shape index (κ1) is 52.0. The average Bonchev–Trinajstić information content (AvgIpc) is 4.24. The van der Waals surface area contributed by atoms with Gasteiger partial charge in [-0.25, -0.2) is 37.1 Å². The molecule has 4 atom stereocenters. The van der Waals surface area contributed by atoms with Crippen LogP contribution in [0.3, 0.4) is 0 Å². The summed E-state index contributed by atoms with van der Waals surface area (Å²) in [4.78, 5) is 75.9. The van der Waals surface area contributed by atoms with Crippen molar-refractivity contribution in [1.82, 2.24) is 40.4 Å². The number of carbonyl (C=O) groups is 4. The molecule has 0 aliphatic carbocycles. The lowest BCUT2D eigenvalue weighted by atomic mass is 9.94. The van der Waals surface area contributed by atoms with Crippen LogP contribution in [-0.4, -0.2) is 107 Å². The molecule has 6 heterocycles. The van der Waals surface area contributed by atoms with Crippen LogP contribution in [0.2, 0.25) is 0 Å². The van der Waals surface area contributed by atoms with Crippen LogP contribution in [0, 0.1) is 36.1 Å². The highest BCUT2D eigenvalue weighted by Gasteiger charge is 2.41. The maximum Gasteiger partial charge on any atom is 0.407 e. The highest BCUT2D eigenvalue weighted by molar-refractivity contribution is 7.12. The van der Waals surface area contributed by atoms with Gasteiger partial charge in [-0.05, 0) is 100 Å². The largest absolute Gasteiger partial charge is 0.453 e. The summed E-state index contributed by atoms with van der Waals surface area (Å²) in [5, 5.41) is 5.05. The van der Waals surface area contributed by atoms with Crippen LogP contribution < -0.4 is 20.4 Å². The fourth-order valence-electron chi connectivity index (χ4n) is 11.0. The van der Waals surface area contributed by atoms with Crippen molar-refractivity contribution in [2.45, 2.75) is 109 Å². The van der Waals surface area contributed by atoms with E-state index in [4.69, 9.17) is 9.72 Å². The monoisotopic (exact) mass is 1040 g/mol. The topological polar surface area (TPSA) is 181 Å². The van der Waals surface area contributed by atoms with Gasteiger partial charge >= 0.3 is 12.2 Å². The van der Waals surface area contributed by atoms with Crippen LogP contribution in [0.4, 0.5) is 38.5 Å². The first-order valence-corrected chi connectivity index (χ1v) is 26.1. The molecular weight excluding hydrogens is 981 g/mol. The minimum atomic E-state index is -0.877. The van der Waals surface area contributed by atoms with Gasteiger partial charge in [-0.15, -0.1) is 11.3 Å². The summed E-state index contributed by atoms with van der Waals surface area (Å²) >= 11 is 1.74. The SMILES string of the molecule is CCCN(Cc1nc2cc(F)c([C@H]3CC[C@H](c4cc5[nH]c([C@@H]6CCCN6C(=O)CNC(=O)OC)nc5cc4F)N3c3cc(F)c(N4CCC(c5ccc(C)s5)CC4)c(F)c3)cc2[nH]1)C(=O)C(NC(=O)OC)C(C)C. The fraction of sp³-hybridized carbons (Fsp3) is 0.472. The van der Waals surface area contributed by atoms with Crippen molar-refractivity contribution >= 4 is 68.8 Å². The quantitative estimate of drug-likeness (QED) is 0.0723. The number of imidazole rings is 2. The zero-order valence-electron chi connectivity index (χ0n) is 42.3. The summed E-state index contributed by atoms with van der Waals surface area (Å²) < 4.78 is 76.5. The number of ether oxygens (including phenoxy) is 2. The number of nitrogens with one attached hydrogen (secondary N) is 4. The lowest BCUT2D eigenvalue weighted by Crippen LogP contribution is -2.51. The first-order valence-electron chi connectivity index (χ1n) is 25.3. The number of piperidine rings is 1. The number of aromatic amines is 2. The molecule has 3 saturated heterocycles. The number of aromatic nitrogens is 4. The Bertz CT molecular complexity index is 3040. The van der Waals surface area contributed by atoms with E-state index in [1.165, 1.54) is 48.2 Å². The van der Waals surface area contributed by atoms with Crippen molar-refractivity contribution in [2.75, 3.05) is 56.7 Å². The molecule has 3 aliphatic heterocycles. The molecule has 0 radical (unpaired) electrons. The minimum absolute atomic E-state index is 0.0248. The van der Waals surface area contributed by atoms with Gasteiger partial charge in [0.1, 0.15) is 41.6 Å². The van der Waals surface area contributed by atoms with Crippen molar-refractivity contribution in [3.8, 4) is 0 Å². The van der Waals surface area contributed by atoms with Crippen LogP contribution in [0.15, 0.2) is 48.5 Å². The second kappa shape index (κ2) is 21.9. The first-order chi connectivity index (χ1) is 35.5. The number of fused-ring (bicyclic) bond motifs is 2. The zero-order chi connectivity index (χ0) is 52.5. The number of amides is 4. The molecule has 394 valence electrons. The number of H-pyrrole nitrogens is 2. The number of carbonyl (C=O) groups excluding carboxylic acids is 4. The molecule has 3 aromatic carbocycles. The van der Waals surface area contributed by atoms with Crippen molar-refractivity contribution in [3.63, 3.8) is 0 Å². The summed E-state index contributed by atoms with van der Waals surface area (Å²) in [6.45, 7) is 9.01. The molecule has 9 rings (SSSR count). The van der Waals surface area contributed by atoms with E-state index in [0.29, 0.717) is 73.6 Å². The average molecular weight is 1040 g/mol. The number of hydrogen-bond acceptors (Lipinski definition) is 11. The Morgan fingerprint density at radius 1 is 0.797 bits per heavy atom. The Morgan fingerprint density at radius 2 is 1.43 bits per heavy atom. The van der Waals surface area contributed by atoms with Gasteiger partial charge < -0.3 is 49.7 Å². The molecule has 3 aliphatic rings. The molecule has 4 N–H and O–H groups in total. The van der Waals surface area contributed by atoms with Crippen LogP contribution >= 0.6 is 11.3 Å². The Kier molecular flexibility index (Phi) is 15.4. The summed E-state index contributed by atoms with van der Waals surface area (Å²) in [5.41, 5.74) is 1.84. The van der Waals surface area contributed by atoms with E-state index >= 15 is 17.6 Å². The highest BCUT2D eigenvalue weighted by Crippen LogP contribution is 2.50. The predicted octanol–water partition coefficient (Wildman–Crippen LogP) is 9.97. The highest BCUT2D eigenvalue weighted by atomic mass is 32.1. The van der Waals surface area contributed by atoms with E-state index in [0.717, 1.165) is 12.8 Å². The normalized spacial score (nSPS) is 18.7. The molecular formula is C53H62F4N10O6S. The van der Waals surface area contributed by atoms with E-state index in [-0.39, 0.29) is 77.6 Å². The van der Waals surface area contributed by atoms with Gasteiger partial charge in [0.05, 0.1) is 61.0 Å². The van der Waals surface area contributed by atoms with Gasteiger partial charge in [-0.1, -0.05) is 20.8 Å². The Morgan fingerprint density at radius 3 is 2.03 bits per heavy atom. The summed E-state index contributed by atoms with van der Waals surface area (Å²) in [6.07, 6.45) is 2.37.